The fourth-order valence-electron chi connectivity index (χ4n) is 5.96. The van der Waals surface area contributed by atoms with E-state index in [2.05, 4.69) is 27.1 Å². The SMILES string of the molecule is CC(=O)Nc1cc2c(-c3cc(OC4COC4)c4c(n3)C3(CCOC3)OCC4)cn([C@H]3C[C@H](C#N)C3)c2cn1. The fraction of sp³-hybridized carbons (Fsp3) is 0.500. The monoisotopic (exact) mass is 515 g/mol. The van der Waals surface area contributed by atoms with E-state index < -0.39 is 5.60 Å². The molecule has 1 atom stereocenters. The molecule has 2 saturated heterocycles. The molecule has 3 aromatic rings. The van der Waals surface area contributed by atoms with Gasteiger partial charge in [-0.2, -0.15) is 5.26 Å². The predicted molar refractivity (Wildman–Crippen MR) is 137 cm³/mol. The number of amides is 1. The Labute approximate surface area is 219 Å². The van der Waals surface area contributed by atoms with Gasteiger partial charge in [-0.3, -0.25) is 4.79 Å². The molecule has 0 aromatic carbocycles. The second kappa shape index (κ2) is 9.05. The normalized spacial score (nSPS) is 26.4. The summed E-state index contributed by atoms with van der Waals surface area (Å²) in [6, 6.07) is 6.51. The maximum Gasteiger partial charge on any atom is 0.222 e. The number of carbonyl (C=O) groups excluding carboxylic acids is 1. The number of pyridine rings is 2. The highest BCUT2D eigenvalue weighted by Crippen LogP contribution is 2.46. The van der Waals surface area contributed by atoms with E-state index in [1.54, 1.807) is 6.20 Å². The summed E-state index contributed by atoms with van der Waals surface area (Å²) in [5.41, 5.74) is 4.03. The Morgan fingerprint density at radius 3 is 2.84 bits per heavy atom. The largest absolute Gasteiger partial charge is 0.485 e. The van der Waals surface area contributed by atoms with Crippen LogP contribution in [0.5, 0.6) is 5.75 Å². The minimum atomic E-state index is -0.576. The van der Waals surface area contributed by atoms with Gasteiger partial charge in [0.05, 0.1) is 61.5 Å². The summed E-state index contributed by atoms with van der Waals surface area (Å²) >= 11 is 0. The van der Waals surface area contributed by atoms with Crippen molar-refractivity contribution in [2.45, 2.75) is 50.4 Å². The minimum absolute atomic E-state index is 0.0165. The van der Waals surface area contributed by atoms with Crippen molar-refractivity contribution in [3.63, 3.8) is 0 Å². The van der Waals surface area contributed by atoms with E-state index in [0.29, 0.717) is 38.9 Å². The predicted octanol–water partition coefficient (Wildman–Crippen LogP) is 3.50. The molecule has 1 saturated carbocycles. The van der Waals surface area contributed by atoms with Crippen LogP contribution in [0.25, 0.3) is 22.2 Å². The molecule has 6 heterocycles. The van der Waals surface area contributed by atoms with Gasteiger partial charge in [-0.1, -0.05) is 0 Å². The van der Waals surface area contributed by atoms with Gasteiger partial charge in [-0.25, -0.2) is 9.97 Å². The topological polar surface area (TPSA) is 121 Å². The van der Waals surface area contributed by atoms with Gasteiger partial charge in [0.1, 0.15) is 23.3 Å². The lowest BCUT2D eigenvalue weighted by atomic mass is 9.81. The Morgan fingerprint density at radius 1 is 1.26 bits per heavy atom. The molecule has 0 bridgehead atoms. The molecule has 7 rings (SSSR count). The minimum Gasteiger partial charge on any atom is -0.485 e. The highest BCUT2D eigenvalue weighted by Gasteiger charge is 2.45. The number of anilines is 1. The molecule has 3 aromatic heterocycles. The molecular formula is C28H29N5O5. The quantitative estimate of drug-likeness (QED) is 0.548. The van der Waals surface area contributed by atoms with E-state index in [4.69, 9.17) is 23.9 Å². The number of hydrogen-bond acceptors (Lipinski definition) is 8. The Hall–Kier alpha value is -3.52. The molecule has 10 heteroatoms. The van der Waals surface area contributed by atoms with Crippen molar-refractivity contribution in [3.05, 3.63) is 35.8 Å². The zero-order valence-electron chi connectivity index (χ0n) is 21.2. The third-order valence-corrected chi connectivity index (χ3v) is 8.12. The maximum absolute atomic E-state index is 11.8. The van der Waals surface area contributed by atoms with E-state index in [1.807, 2.05) is 12.1 Å². The molecule has 3 aliphatic heterocycles. The lowest BCUT2D eigenvalue weighted by molar-refractivity contribution is -0.114. The molecule has 1 aliphatic carbocycles. The van der Waals surface area contributed by atoms with Crippen molar-refractivity contribution in [3.8, 4) is 23.1 Å². The first-order chi connectivity index (χ1) is 18.5. The van der Waals surface area contributed by atoms with Crippen molar-refractivity contribution in [1.29, 1.82) is 5.26 Å². The van der Waals surface area contributed by atoms with Crippen LogP contribution >= 0.6 is 0 Å². The summed E-state index contributed by atoms with van der Waals surface area (Å²) in [6.07, 6.45) is 6.99. The van der Waals surface area contributed by atoms with E-state index in [9.17, 15) is 10.1 Å². The van der Waals surface area contributed by atoms with Crippen LogP contribution in [-0.2, 0) is 31.0 Å². The molecule has 1 N–H and O–H groups in total. The lowest BCUT2D eigenvalue weighted by Gasteiger charge is -2.36. The summed E-state index contributed by atoms with van der Waals surface area (Å²) in [5, 5.41) is 13.1. The average Bonchev–Trinajstić information content (AvgIpc) is 3.46. The second-order valence-corrected chi connectivity index (χ2v) is 10.7. The summed E-state index contributed by atoms with van der Waals surface area (Å²) < 4.78 is 26.1. The summed E-state index contributed by atoms with van der Waals surface area (Å²) in [7, 11) is 0. The van der Waals surface area contributed by atoms with Crippen LogP contribution in [0, 0.1) is 17.2 Å². The Morgan fingerprint density at radius 2 is 2.13 bits per heavy atom. The molecule has 1 spiro atoms. The van der Waals surface area contributed by atoms with Crippen molar-refractivity contribution in [1.82, 2.24) is 14.5 Å². The highest BCUT2D eigenvalue weighted by atomic mass is 16.6. The second-order valence-electron chi connectivity index (χ2n) is 10.7. The number of ether oxygens (including phenoxy) is 4. The molecule has 3 fully saturated rings. The third kappa shape index (κ3) is 3.85. The lowest BCUT2D eigenvalue weighted by Crippen LogP contribution is -2.40. The van der Waals surface area contributed by atoms with Crippen molar-refractivity contribution >= 4 is 22.6 Å². The van der Waals surface area contributed by atoms with Gasteiger partial charge >= 0.3 is 0 Å². The first-order valence-corrected chi connectivity index (χ1v) is 13.2. The first-order valence-electron chi connectivity index (χ1n) is 13.2. The third-order valence-electron chi connectivity index (χ3n) is 8.12. The Balaban J connectivity index is 1.40. The molecular weight excluding hydrogens is 486 g/mol. The Bertz CT molecular complexity index is 1460. The van der Waals surface area contributed by atoms with Crippen molar-refractivity contribution in [2.75, 3.05) is 38.4 Å². The number of hydrogen-bond donors (Lipinski definition) is 1. The van der Waals surface area contributed by atoms with Gasteiger partial charge in [0, 0.05) is 61.2 Å². The van der Waals surface area contributed by atoms with Gasteiger partial charge in [0.25, 0.3) is 0 Å². The zero-order valence-corrected chi connectivity index (χ0v) is 21.2. The number of nitrogens with one attached hydrogen (secondary N) is 1. The smallest absolute Gasteiger partial charge is 0.222 e. The van der Waals surface area contributed by atoms with Crippen LogP contribution in [0.15, 0.2) is 24.5 Å². The van der Waals surface area contributed by atoms with Crippen LogP contribution in [0.2, 0.25) is 0 Å². The average molecular weight is 516 g/mol. The number of nitriles is 1. The molecule has 10 nitrogen and oxygen atoms in total. The van der Waals surface area contributed by atoms with Crippen LogP contribution < -0.4 is 10.1 Å². The molecule has 196 valence electrons. The van der Waals surface area contributed by atoms with E-state index in [0.717, 1.165) is 64.9 Å². The molecule has 1 unspecified atom stereocenters. The van der Waals surface area contributed by atoms with Gasteiger partial charge < -0.3 is 28.8 Å². The van der Waals surface area contributed by atoms with Crippen LogP contribution in [0.3, 0.4) is 0 Å². The van der Waals surface area contributed by atoms with Crippen molar-refractivity contribution in [2.24, 2.45) is 5.92 Å². The van der Waals surface area contributed by atoms with Gasteiger partial charge in [-0.05, 0) is 18.9 Å². The highest BCUT2D eigenvalue weighted by molar-refractivity contribution is 5.98. The number of rotatable bonds is 5. The number of nitrogens with zero attached hydrogens (tertiary/aromatic N) is 4. The number of fused-ring (bicyclic) bond motifs is 3. The van der Waals surface area contributed by atoms with E-state index in [-0.39, 0.29) is 24.0 Å². The maximum atomic E-state index is 11.8. The Kier molecular flexibility index (Phi) is 5.62. The van der Waals surface area contributed by atoms with Crippen LogP contribution in [0.1, 0.15) is 43.5 Å². The standard InChI is InChI=1S/C28H29N5O5/c1-16(34)31-26-8-21-22(12-33(24(21)11-30-26)18-6-17(7-18)10-29)23-9-25(38-19-13-36-14-19)20-2-4-37-28(27(20)32-23)3-5-35-15-28/h8-9,11-12,17-19H,2-7,13-15H2,1H3,(H,30,31,34)/t17-,18-,28?. The van der Waals surface area contributed by atoms with Gasteiger partial charge in [0.15, 0.2) is 0 Å². The molecule has 1 amide bonds. The van der Waals surface area contributed by atoms with E-state index >= 15 is 0 Å². The van der Waals surface area contributed by atoms with Gasteiger partial charge in [-0.15, -0.1) is 0 Å². The van der Waals surface area contributed by atoms with Crippen molar-refractivity contribution < 1.29 is 23.7 Å². The molecule has 0 radical (unpaired) electrons. The van der Waals surface area contributed by atoms with Gasteiger partial charge in [0.2, 0.25) is 5.91 Å². The fourth-order valence-corrected chi connectivity index (χ4v) is 5.96. The molecule has 38 heavy (non-hydrogen) atoms. The van der Waals surface area contributed by atoms with E-state index in [1.165, 1.54) is 6.92 Å². The summed E-state index contributed by atoms with van der Waals surface area (Å²) in [4.78, 5) is 21.5. The summed E-state index contributed by atoms with van der Waals surface area (Å²) in [6.45, 7) is 4.31. The number of carbonyl (C=O) groups is 1. The first kappa shape index (κ1) is 23.6. The van der Waals surface area contributed by atoms with Crippen LogP contribution in [0.4, 0.5) is 5.82 Å². The van der Waals surface area contributed by atoms with Crippen LogP contribution in [-0.4, -0.2) is 59.6 Å². The molecule has 4 aliphatic rings. The number of aromatic nitrogens is 3. The summed E-state index contributed by atoms with van der Waals surface area (Å²) in [5.74, 6) is 1.19. The zero-order chi connectivity index (χ0) is 25.9.